The first-order valence-corrected chi connectivity index (χ1v) is 7.84. The van der Waals surface area contributed by atoms with Gasteiger partial charge in [-0.3, -0.25) is 0 Å². The SMILES string of the molecule is CCCNCc1ccc(N2CCN(C)C(C)C2)c(C#N)c1. The summed E-state index contributed by atoms with van der Waals surface area (Å²) in [5.41, 5.74) is 3.06. The van der Waals surface area contributed by atoms with Crippen LogP contribution in [0, 0.1) is 11.3 Å². The van der Waals surface area contributed by atoms with E-state index in [1.54, 1.807) is 0 Å². The van der Waals surface area contributed by atoms with Gasteiger partial charge in [0.25, 0.3) is 0 Å². The third-order valence-corrected chi connectivity index (χ3v) is 4.24. The first-order chi connectivity index (χ1) is 10.2. The molecule has 4 heteroatoms. The van der Waals surface area contributed by atoms with Crippen LogP contribution in [0.5, 0.6) is 0 Å². The summed E-state index contributed by atoms with van der Waals surface area (Å²) in [6, 6.07) is 9.17. The fraction of sp³-hybridized carbons (Fsp3) is 0.588. The fourth-order valence-electron chi connectivity index (χ4n) is 2.74. The van der Waals surface area contributed by atoms with Gasteiger partial charge in [-0.05, 0) is 44.6 Å². The molecule has 0 spiro atoms. The van der Waals surface area contributed by atoms with Gasteiger partial charge in [-0.15, -0.1) is 0 Å². The van der Waals surface area contributed by atoms with Crippen molar-refractivity contribution in [3.8, 4) is 6.07 Å². The first-order valence-electron chi connectivity index (χ1n) is 7.84. The molecule has 0 aromatic heterocycles. The molecule has 1 fully saturated rings. The Morgan fingerprint density at radius 1 is 1.38 bits per heavy atom. The van der Waals surface area contributed by atoms with E-state index in [9.17, 15) is 5.26 Å². The van der Waals surface area contributed by atoms with Gasteiger partial charge >= 0.3 is 0 Å². The van der Waals surface area contributed by atoms with Crippen LogP contribution in [0.15, 0.2) is 18.2 Å². The van der Waals surface area contributed by atoms with Crippen molar-refractivity contribution >= 4 is 5.69 Å². The second-order valence-electron chi connectivity index (χ2n) is 5.92. The highest BCUT2D eigenvalue weighted by atomic mass is 15.3. The second-order valence-corrected chi connectivity index (χ2v) is 5.92. The van der Waals surface area contributed by atoms with Gasteiger partial charge in [0.1, 0.15) is 6.07 Å². The number of hydrogen-bond donors (Lipinski definition) is 1. The number of rotatable bonds is 5. The molecule has 0 aliphatic carbocycles. The van der Waals surface area contributed by atoms with Gasteiger partial charge in [0, 0.05) is 32.2 Å². The lowest BCUT2D eigenvalue weighted by atomic mass is 10.1. The highest BCUT2D eigenvalue weighted by Crippen LogP contribution is 2.24. The Labute approximate surface area is 128 Å². The van der Waals surface area contributed by atoms with E-state index in [1.807, 2.05) is 6.07 Å². The zero-order chi connectivity index (χ0) is 15.2. The highest BCUT2D eigenvalue weighted by molar-refractivity contribution is 5.61. The molecule has 21 heavy (non-hydrogen) atoms. The van der Waals surface area contributed by atoms with Crippen molar-refractivity contribution in [3.05, 3.63) is 29.3 Å². The molecule has 1 N–H and O–H groups in total. The van der Waals surface area contributed by atoms with Crippen molar-refractivity contribution in [2.24, 2.45) is 0 Å². The number of likely N-dealkylation sites (N-methyl/N-ethyl adjacent to an activating group) is 1. The van der Waals surface area contributed by atoms with E-state index in [4.69, 9.17) is 0 Å². The fourth-order valence-corrected chi connectivity index (χ4v) is 2.74. The van der Waals surface area contributed by atoms with E-state index in [0.717, 1.165) is 50.4 Å². The molecule has 1 heterocycles. The molecule has 0 bridgehead atoms. The van der Waals surface area contributed by atoms with Crippen molar-refractivity contribution in [2.75, 3.05) is 38.1 Å². The molecule has 0 amide bonds. The maximum atomic E-state index is 9.46. The molecule has 0 radical (unpaired) electrons. The number of nitrogens with one attached hydrogen (secondary N) is 1. The van der Waals surface area contributed by atoms with Crippen LogP contribution in [-0.2, 0) is 6.54 Å². The van der Waals surface area contributed by atoms with Gasteiger partial charge in [-0.2, -0.15) is 5.26 Å². The summed E-state index contributed by atoms with van der Waals surface area (Å²) in [5.74, 6) is 0. The summed E-state index contributed by atoms with van der Waals surface area (Å²) in [7, 11) is 2.16. The maximum absolute atomic E-state index is 9.46. The summed E-state index contributed by atoms with van der Waals surface area (Å²) in [6.07, 6.45) is 1.13. The van der Waals surface area contributed by atoms with Crippen molar-refractivity contribution < 1.29 is 0 Å². The Kier molecular flexibility index (Phi) is 5.60. The van der Waals surface area contributed by atoms with Gasteiger partial charge in [0.15, 0.2) is 0 Å². The molecular weight excluding hydrogens is 260 g/mol. The third kappa shape index (κ3) is 3.96. The predicted octanol–water partition coefficient (Wildman–Crippen LogP) is 2.20. The van der Waals surface area contributed by atoms with Gasteiger partial charge in [-0.1, -0.05) is 13.0 Å². The number of nitrogens with zero attached hydrogens (tertiary/aromatic N) is 3. The maximum Gasteiger partial charge on any atom is 0.101 e. The number of hydrogen-bond acceptors (Lipinski definition) is 4. The van der Waals surface area contributed by atoms with E-state index in [-0.39, 0.29) is 0 Å². The third-order valence-electron chi connectivity index (χ3n) is 4.24. The number of nitriles is 1. The number of anilines is 1. The van der Waals surface area contributed by atoms with Crippen LogP contribution in [-0.4, -0.2) is 44.2 Å². The number of benzene rings is 1. The summed E-state index contributed by atoms with van der Waals surface area (Å²) in [5, 5.41) is 12.8. The molecule has 1 aliphatic rings. The van der Waals surface area contributed by atoms with Crippen LogP contribution in [0.2, 0.25) is 0 Å². The zero-order valence-corrected chi connectivity index (χ0v) is 13.4. The standard InChI is InChI=1S/C17H26N4/c1-4-7-19-12-15-5-6-17(16(10-15)11-18)21-9-8-20(3)14(2)13-21/h5-6,10,14,19H,4,7-9,12-13H2,1-3H3. The molecule has 1 atom stereocenters. The average Bonchev–Trinajstić information content (AvgIpc) is 2.50. The van der Waals surface area contributed by atoms with E-state index < -0.39 is 0 Å². The lowest BCUT2D eigenvalue weighted by molar-refractivity contribution is 0.234. The van der Waals surface area contributed by atoms with Gasteiger partial charge < -0.3 is 15.1 Å². The van der Waals surface area contributed by atoms with Crippen molar-refractivity contribution in [3.63, 3.8) is 0 Å². The highest BCUT2D eigenvalue weighted by Gasteiger charge is 2.22. The van der Waals surface area contributed by atoms with Gasteiger partial charge in [0.2, 0.25) is 0 Å². The summed E-state index contributed by atoms with van der Waals surface area (Å²) < 4.78 is 0. The normalized spacial score (nSPS) is 19.5. The molecule has 0 saturated carbocycles. The Morgan fingerprint density at radius 2 is 2.19 bits per heavy atom. The van der Waals surface area contributed by atoms with Crippen LogP contribution in [0.4, 0.5) is 5.69 Å². The number of piperazine rings is 1. The minimum atomic E-state index is 0.524. The zero-order valence-electron chi connectivity index (χ0n) is 13.4. The van der Waals surface area contributed by atoms with E-state index in [1.165, 1.54) is 5.56 Å². The van der Waals surface area contributed by atoms with Gasteiger partial charge in [-0.25, -0.2) is 0 Å². The molecule has 1 aliphatic heterocycles. The smallest absolute Gasteiger partial charge is 0.101 e. The van der Waals surface area contributed by atoms with E-state index in [2.05, 4.69) is 54.2 Å². The Bertz CT molecular complexity index is 506. The lowest BCUT2D eigenvalue weighted by Crippen LogP contribution is -2.50. The molecule has 114 valence electrons. The monoisotopic (exact) mass is 286 g/mol. The summed E-state index contributed by atoms with van der Waals surface area (Å²) in [4.78, 5) is 4.71. The Morgan fingerprint density at radius 3 is 2.86 bits per heavy atom. The Balaban J connectivity index is 2.11. The topological polar surface area (TPSA) is 42.3 Å². The average molecular weight is 286 g/mol. The summed E-state index contributed by atoms with van der Waals surface area (Å²) in [6.45, 7) is 9.27. The molecule has 1 aromatic carbocycles. The molecule has 1 unspecified atom stereocenters. The van der Waals surface area contributed by atoms with Crippen LogP contribution in [0.25, 0.3) is 0 Å². The van der Waals surface area contributed by atoms with Crippen LogP contribution in [0.1, 0.15) is 31.4 Å². The van der Waals surface area contributed by atoms with Gasteiger partial charge in [0.05, 0.1) is 11.3 Å². The quantitative estimate of drug-likeness (QED) is 0.843. The Hall–Kier alpha value is -1.57. The van der Waals surface area contributed by atoms with Crippen molar-refractivity contribution in [2.45, 2.75) is 32.9 Å². The molecule has 4 nitrogen and oxygen atoms in total. The van der Waals surface area contributed by atoms with Crippen LogP contribution in [0.3, 0.4) is 0 Å². The molecule has 1 aromatic rings. The first kappa shape index (κ1) is 15.8. The predicted molar refractivity (Wildman–Crippen MR) is 87.5 cm³/mol. The molecule has 1 saturated heterocycles. The minimum Gasteiger partial charge on any atom is -0.368 e. The summed E-state index contributed by atoms with van der Waals surface area (Å²) >= 11 is 0. The van der Waals surface area contributed by atoms with E-state index in [0.29, 0.717) is 6.04 Å². The second kappa shape index (κ2) is 7.44. The lowest BCUT2D eigenvalue weighted by Gasteiger charge is -2.39. The van der Waals surface area contributed by atoms with Crippen molar-refractivity contribution in [1.82, 2.24) is 10.2 Å². The van der Waals surface area contributed by atoms with Crippen molar-refractivity contribution in [1.29, 1.82) is 5.26 Å². The van der Waals surface area contributed by atoms with Crippen LogP contribution >= 0.6 is 0 Å². The van der Waals surface area contributed by atoms with Crippen LogP contribution < -0.4 is 10.2 Å². The molecule has 2 rings (SSSR count). The minimum absolute atomic E-state index is 0.524. The molecular formula is C17H26N4. The largest absolute Gasteiger partial charge is 0.368 e. The van der Waals surface area contributed by atoms with E-state index >= 15 is 0 Å².